The van der Waals surface area contributed by atoms with Crippen LogP contribution in [0.1, 0.15) is 15.2 Å². The summed E-state index contributed by atoms with van der Waals surface area (Å²) in [5.41, 5.74) is 3.34. The number of thioether (sulfide) groups is 1. The molecule has 3 nitrogen and oxygen atoms in total. The number of imidazole rings is 1. The molecule has 5 heteroatoms. The molecule has 1 aliphatic rings. The van der Waals surface area contributed by atoms with E-state index in [2.05, 4.69) is 24.2 Å². The molecule has 0 fully saturated rings. The summed E-state index contributed by atoms with van der Waals surface area (Å²) in [4.78, 5) is 17.3. The minimum absolute atomic E-state index is 0.129. The van der Waals surface area contributed by atoms with Crippen molar-refractivity contribution in [2.24, 2.45) is 0 Å². The highest BCUT2D eigenvalue weighted by atomic mass is 32.2. The van der Waals surface area contributed by atoms with Crippen LogP contribution in [0, 0.1) is 13.8 Å². The van der Waals surface area contributed by atoms with Crippen LogP contribution < -0.4 is 0 Å². The zero-order valence-corrected chi connectivity index (χ0v) is 10.6. The molecule has 0 aromatic carbocycles. The third-order valence-corrected chi connectivity index (χ3v) is 4.65. The lowest BCUT2D eigenvalue weighted by Gasteiger charge is -1.97. The molecule has 16 heavy (non-hydrogen) atoms. The monoisotopic (exact) mass is 250 g/mol. The Morgan fingerprint density at radius 1 is 1.44 bits per heavy atom. The number of aryl methyl sites for hydroxylation is 2. The van der Waals surface area contributed by atoms with Crippen molar-refractivity contribution in [2.75, 3.05) is 5.75 Å². The van der Waals surface area contributed by atoms with Crippen LogP contribution in [-0.2, 0) is 0 Å². The fraction of sp³-hybridized carbons (Fsp3) is 0.273. The maximum absolute atomic E-state index is 11.5. The molecule has 2 aromatic rings. The van der Waals surface area contributed by atoms with E-state index in [0.29, 0.717) is 5.75 Å². The highest BCUT2D eigenvalue weighted by Gasteiger charge is 2.23. The molecule has 0 unspecified atom stereocenters. The first-order valence-electron chi connectivity index (χ1n) is 4.97. The maximum atomic E-state index is 11.5. The number of thiophene rings is 1. The molecule has 0 amide bonds. The number of aromatic nitrogens is 2. The number of nitrogens with zero attached hydrogens (tertiary/aromatic N) is 2. The molecule has 1 aliphatic heterocycles. The van der Waals surface area contributed by atoms with Crippen LogP contribution >= 0.6 is 23.1 Å². The molecule has 2 aromatic heterocycles. The Morgan fingerprint density at radius 2 is 2.25 bits per heavy atom. The molecule has 0 atom stereocenters. The van der Waals surface area contributed by atoms with E-state index in [9.17, 15) is 4.79 Å². The molecule has 82 valence electrons. The van der Waals surface area contributed by atoms with Crippen molar-refractivity contribution in [3.8, 4) is 11.3 Å². The third kappa shape index (κ3) is 1.35. The highest BCUT2D eigenvalue weighted by molar-refractivity contribution is 8.00. The number of hydrogen-bond acceptors (Lipinski definition) is 4. The fourth-order valence-corrected chi connectivity index (χ4v) is 3.62. The van der Waals surface area contributed by atoms with Gasteiger partial charge in [0.2, 0.25) is 5.91 Å². The van der Waals surface area contributed by atoms with Gasteiger partial charge in [0.1, 0.15) is 0 Å². The summed E-state index contributed by atoms with van der Waals surface area (Å²) in [6.07, 6.45) is 1.86. The first-order chi connectivity index (χ1) is 7.66. The lowest BCUT2D eigenvalue weighted by molar-refractivity contribution is 0.0939. The fourth-order valence-electron chi connectivity index (χ4n) is 1.91. The van der Waals surface area contributed by atoms with Crippen molar-refractivity contribution < 1.29 is 4.79 Å². The van der Waals surface area contributed by atoms with Crippen LogP contribution in [0.2, 0.25) is 0 Å². The summed E-state index contributed by atoms with van der Waals surface area (Å²) in [5.74, 6) is 0.647. The van der Waals surface area contributed by atoms with Gasteiger partial charge < -0.3 is 0 Å². The van der Waals surface area contributed by atoms with Crippen LogP contribution in [0.15, 0.2) is 16.7 Å². The van der Waals surface area contributed by atoms with Gasteiger partial charge in [-0.05, 0) is 24.8 Å². The molecule has 0 saturated heterocycles. The number of rotatable bonds is 1. The Kier molecular flexibility index (Phi) is 2.19. The second-order valence-electron chi connectivity index (χ2n) is 3.81. The van der Waals surface area contributed by atoms with Gasteiger partial charge in [0.25, 0.3) is 0 Å². The Bertz CT molecular complexity index is 563. The van der Waals surface area contributed by atoms with Crippen molar-refractivity contribution in [1.29, 1.82) is 0 Å². The highest BCUT2D eigenvalue weighted by Crippen LogP contribution is 2.34. The zero-order valence-electron chi connectivity index (χ0n) is 8.98. The van der Waals surface area contributed by atoms with E-state index < -0.39 is 0 Å². The minimum Gasteiger partial charge on any atom is -0.273 e. The summed E-state index contributed by atoms with van der Waals surface area (Å²) in [6.45, 7) is 4.17. The van der Waals surface area contributed by atoms with Crippen molar-refractivity contribution in [3.05, 3.63) is 22.0 Å². The predicted molar refractivity (Wildman–Crippen MR) is 66.4 cm³/mol. The van der Waals surface area contributed by atoms with Gasteiger partial charge in [0.15, 0.2) is 5.16 Å². The van der Waals surface area contributed by atoms with E-state index in [1.54, 1.807) is 15.9 Å². The smallest absolute Gasteiger partial charge is 0.243 e. The minimum atomic E-state index is 0.129. The molecule has 0 spiro atoms. The summed E-state index contributed by atoms with van der Waals surface area (Å²) < 4.78 is 1.66. The van der Waals surface area contributed by atoms with Gasteiger partial charge >= 0.3 is 0 Å². The lowest BCUT2D eigenvalue weighted by Crippen LogP contribution is -2.04. The summed E-state index contributed by atoms with van der Waals surface area (Å²) in [7, 11) is 0. The van der Waals surface area contributed by atoms with Gasteiger partial charge in [-0.2, -0.15) is 0 Å². The Morgan fingerprint density at radius 3 is 2.88 bits per heavy atom. The molecule has 3 heterocycles. The lowest BCUT2D eigenvalue weighted by atomic mass is 10.1. The number of fused-ring (bicyclic) bond motifs is 1. The average Bonchev–Trinajstić information content (AvgIpc) is 2.86. The van der Waals surface area contributed by atoms with Crippen LogP contribution in [0.3, 0.4) is 0 Å². The van der Waals surface area contributed by atoms with Crippen LogP contribution in [0.25, 0.3) is 11.3 Å². The Labute approximate surface area is 102 Å². The number of carbonyl (C=O) groups is 1. The predicted octanol–water partition coefficient (Wildman–Crippen LogP) is 2.97. The first-order valence-corrected chi connectivity index (χ1v) is 6.84. The van der Waals surface area contributed by atoms with Gasteiger partial charge in [0.05, 0.1) is 11.4 Å². The van der Waals surface area contributed by atoms with Crippen molar-refractivity contribution in [2.45, 2.75) is 19.0 Å². The van der Waals surface area contributed by atoms with E-state index in [1.165, 1.54) is 27.8 Å². The van der Waals surface area contributed by atoms with Crippen LogP contribution in [0.4, 0.5) is 0 Å². The quantitative estimate of drug-likeness (QED) is 0.780. The van der Waals surface area contributed by atoms with Crippen LogP contribution in [-0.4, -0.2) is 21.2 Å². The SMILES string of the molecule is Cc1csc(C)c1-c1cn2c(n1)SCC2=O. The Balaban J connectivity index is 2.16. The number of carbonyl (C=O) groups excluding carboxylic acids is 1. The first kappa shape index (κ1) is 10.1. The summed E-state index contributed by atoms with van der Waals surface area (Å²) >= 11 is 3.24. The van der Waals surface area contributed by atoms with E-state index in [4.69, 9.17) is 0 Å². The topological polar surface area (TPSA) is 34.9 Å². The molecule has 0 N–H and O–H groups in total. The molecule has 0 aliphatic carbocycles. The molecule has 0 bridgehead atoms. The summed E-state index contributed by atoms with van der Waals surface area (Å²) in [5, 5.41) is 2.95. The van der Waals surface area contributed by atoms with Gasteiger partial charge in [0, 0.05) is 16.6 Å². The standard InChI is InChI=1S/C11H10N2OS2/c1-6-4-15-7(2)10(6)8-3-13-9(14)5-16-11(13)12-8/h3-4H,5H2,1-2H3. The largest absolute Gasteiger partial charge is 0.273 e. The second kappa shape index (κ2) is 3.46. The normalized spacial score (nSPS) is 14.5. The molecular weight excluding hydrogens is 240 g/mol. The Hall–Kier alpha value is -1.07. The third-order valence-electron chi connectivity index (χ3n) is 2.68. The van der Waals surface area contributed by atoms with Gasteiger partial charge in [-0.3, -0.25) is 9.36 Å². The molecular formula is C11H10N2OS2. The van der Waals surface area contributed by atoms with E-state index in [1.807, 2.05) is 6.20 Å². The van der Waals surface area contributed by atoms with Crippen molar-refractivity contribution in [1.82, 2.24) is 9.55 Å². The maximum Gasteiger partial charge on any atom is 0.243 e. The van der Waals surface area contributed by atoms with Crippen LogP contribution in [0.5, 0.6) is 0 Å². The molecule has 3 rings (SSSR count). The second-order valence-corrected chi connectivity index (χ2v) is 5.84. The van der Waals surface area contributed by atoms with Crippen molar-refractivity contribution in [3.63, 3.8) is 0 Å². The van der Waals surface area contributed by atoms with Gasteiger partial charge in [-0.15, -0.1) is 11.3 Å². The zero-order chi connectivity index (χ0) is 11.3. The van der Waals surface area contributed by atoms with E-state index in [-0.39, 0.29) is 5.91 Å². The average molecular weight is 250 g/mol. The van der Waals surface area contributed by atoms with Crippen molar-refractivity contribution >= 4 is 29.0 Å². The summed E-state index contributed by atoms with van der Waals surface area (Å²) in [6, 6.07) is 0. The number of hydrogen-bond donors (Lipinski definition) is 0. The van der Waals surface area contributed by atoms with Gasteiger partial charge in [-0.25, -0.2) is 4.98 Å². The molecule has 0 saturated carbocycles. The molecule has 0 radical (unpaired) electrons. The van der Waals surface area contributed by atoms with E-state index in [0.717, 1.165) is 10.9 Å². The van der Waals surface area contributed by atoms with E-state index >= 15 is 0 Å². The van der Waals surface area contributed by atoms with Gasteiger partial charge in [-0.1, -0.05) is 11.8 Å².